The van der Waals surface area contributed by atoms with Crippen LogP contribution in [0.2, 0.25) is 0 Å². The molecule has 4 nitrogen and oxygen atoms in total. The molecule has 0 saturated carbocycles. The van der Waals surface area contributed by atoms with Crippen molar-refractivity contribution in [1.29, 1.82) is 0 Å². The smallest absolute Gasteiger partial charge is 0.355 e. The van der Waals surface area contributed by atoms with Crippen LogP contribution in [0.15, 0.2) is 28.7 Å². The molecule has 0 spiro atoms. The van der Waals surface area contributed by atoms with E-state index in [1.165, 1.54) is 0 Å². The lowest BCUT2D eigenvalue weighted by Crippen LogP contribution is -2.08. The van der Waals surface area contributed by atoms with E-state index in [1.807, 2.05) is 0 Å². The van der Waals surface area contributed by atoms with E-state index in [9.17, 15) is 14.0 Å². The average Bonchev–Trinajstić information content (AvgIpc) is 2.83. The van der Waals surface area contributed by atoms with Crippen molar-refractivity contribution in [2.75, 3.05) is 6.61 Å². The number of nitrogens with one attached hydrogen (secondary N) is 1. The number of aromatic nitrogens is 1. The number of ketones is 1. The van der Waals surface area contributed by atoms with Gasteiger partial charge in [0.2, 0.25) is 0 Å². The molecule has 6 heteroatoms. The van der Waals surface area contributed by atoms with Crippen LogP contribution in [0.25, 0.3) is 0 Å². The number of aromatic amines is 1. The van der Waals surface area contributed by atoms with Crippen LogP contribution in [0.5, 0.6) is 0 Å². The molecular formula is C16H15BrFNO3. The number of rotatable bonds is 5. The van der Waals surface area contributed by atoms with Gasteiger partial charge in [-0.1, -0.05) is 28.1 Å². The van der Waals surface area contributed by atoms with E-state index in [1.54, 1.807) is 38.1 Å². The van der Waals surface area contributed by atoms with E-state index < -0.39 is 12.6 Å². The Bertz CT molecular complexity index is 724. The number of carbonyl (C=O) groups is 2. The standard InChI is InChI=1S/C16H15BrFNO3/c1-3-22-16(21)14-9(2)13(12(8-18)19-14)15(20)10-5-4-6-11(17)7-10/h4-7,19H,3,8H2,1-2H3. The molecule has 0 bridgehead atoms. The van der Waals surface area contributed by atoms with Crippen molar-refractivity contribution < 1.29 is 18.7 Å². The topological polar surface area (TPSA) is 59.2 Å². The first-order chi connectivity index (χ1) is 10.5. The first-order valence-corrected chi connectivity index (χ1v) is 7.53. The van der Waals surface area contributed by atoms with Crippen molar-refractivity contribution in [3.8, 4) is 0 Å². The van der Waals surface area contributed by atoms with Crippen molar-refractivity contribution in [1.82, 2.24) is 4.98 Å². The minimum atomic E-state index is -0.866. The van der Waals surface area contributed by atoms with Crippen molar-refractivity contribution in [3.05, 3.63) is 56.8 Å². The Morgan fingerprint density at radius 1 is 1.36 bits per heavy atom. The van der Waals surface area contributed by atoms with Gasteiger partial charge in [-0.2, -0.15) is 0 Å². The molecule has 0 atom stereocenters. The van der Waals surface area contributed by atoms with Gasteiger partial charge in [-0.25, -0.2) is 9.18 Å². The zero-order valence-electron chi connectivity index (χ0n) is 12.2. The van der Waals surface area contributed by atoms with Crippen molar-refractivity contribution in [3.63, 3.8) is 0 Å². The molecule has 0 saturated heterocycles. The number of H-pyrrole nitrogens is 1. The van der Waals surface area contributed by atoms with Gasteiger partial charge in [0.15, 0.2) is 5.78 Å². The second-order valence-corrected chi connectivity index (χ2v) is 5.59. The zero-order chi connectivity index (χ0) is 16.3. The van der Waals surface area contributed by atoms with E-state index in [-0.39, 0.29) is 29.3 Å². The number of esters is 1. The summed E-state index contributed by atoms with van der Waals surface area (Å²) >= 11 is 3.30. The molecule has 0 unspecified atom stereocenters. The average molecular weight is 368 g/mol. The lowest BCUT2D eigenvalue weighted by molar-refractivity contribution is 0.0519. The summed E-state index contributed by atoms with van der Waals surface area (Å²) in [4.78, 5) is 27.2. The lowest BCUT2D eigenvalue weighted by Gasteiger charge is -2.04. The summed E-state index contributed by atoms with van der Waals surface area (Å²) in [5.74, 6) is -0.929. The van der Waals surface area contributed by atoms with Crippen molar-refractivity contribution >= 4 is 27.7 Å². The minimum Gasteiger partial charge on any atom is -0.461 e. The van der Waals surface area contributed by atoms with Crippen LogP contribution in [0, 0.1) is 6.92 Å². The summed E-state index contributed by atoms with van der Waals surface area (Å²) in [5, 5.41) is 0. The van der Waals surface area contributed by atoms with Crippen LogP contribution in [0.3, 0.4) is 0 Å². The minimum absolute atomic E-state index is 0.0885. The lowest BCUT2D eigenvalue weighted by atomic mass is 9.99. The molecule has 1 aromatic carbocycles. The largest absolute Gasteiger partial charge is 0.461 e. The summed E-state index contributed by atoms with van der Waals surface area (Å²) in [7, 11) is 0. The predicted molar refractivity (Wildman–Crippen MR) is 83.9 cm³/mol. The van der Waals surface area contributed by atoms with Crippen LogP contribution in [0.4, 0.5) is 4.39 Å². The second kappa shape index (κ2) is 6.87. The Balaban J connectivity index is 2.50. The van der Waals surface area contributed by atoms with Gasteiger partial charge in [0.1, 0.15) is 12.4 Å². The maximum atomic E-state index is 13.2. The molecule has 1 N–H and O–H groups in total. The number of carbonyl (C=O) groups excluding carboxylic acids is 2. The Morgan fingerprint density at radius 2 is 2.09 bits per heavy atom. The monoisotopic (exact) mass is 367 g/mol. The van der Waals surface area contributed by atoms with Gasteiger partial charge in [-0.15, -0.1) is 0 Å². The molecule has 0 radical (unpaired) electrons. The first-order valence-electron chi connectivity index (χ1n) is 6.74. The zero-order valence-corrected chi connectivity index (χ0v) is 13.8. The molecule has 0 fully saturated rings. The van der Waals surface area contributed by atoms with E-state index in [0.29, 0.717) is 11.1 Å². The van der Waals surface area contributed by atoms with Gasteiger partial charge in [0.25, 0.3) is 0 Å². The Morgan fingerprint density at radius 3 is 2.68 bits per heavy atom. The highest BCUT2D eigenvalue weighted by Crippen LogP contribution is 2.24. The molecule has 0 amide bonds. The van der Waals surface area contributed by atoms with Crippen LogP contribution in [-0.4, -0.2) is 23.3 Å². The Labute approximate surface area is 135 Å². The maximum absolute atomic E-state index is 13.2. The number of hydrogen-bond acceptors (Lipinski definition) is 3. The maximum Gasteiger partial charge on any atom is 0.355 e. The molecule has 116 valence electrons. The Hall–Kier alpha value is -1.95. The molecule has 22 heavy (non-hydrogen) atoms. The summed E-state index contributed by atoms with van der Waals surface area (Å²) in [6.45, 7) is 2.62. The highest BCUT2D eigenvalue weighted by atomic mass is 79.9. The second-order valence-electron chi connectivity index (χ2n) is 4.67. The molecule has 0 aliphatic heterocycles. The van der Waals surface area contributed by atoms with Crippen LogP contribution in [0.1, 0.15) is 44.6 Å². The van der Waals surface area contributed by atoms with Gasteiger partial charge in [-0.3, -0.25) is 4.79 Å². The summed E-state index contributed by atoms with van der Waals surface area (Å²) in [6.07, 6.45) is 0. The predicted octanol–water partition coefficient (Wildman–Crippen LogP) is 3.96. The third-order valence-electron chi connectivity index (χ3n) is 3.25. The third kappa shape index (κ3) is 3.11. The van der Waals surface area contributed by atoms with Gasteiger partial charge in [0, 0.05) is 15.6 Å². The van der Waals surface area contributed by atoms with Gasteiger partial charge in [-0.05, 0) is 31.5 Å². The molecule has 2 aromatic rings. The summed E-state index contributed by atoms with van der Waals surface area (Å²) < 4.78 is 18.9. The number of hydrogen-bond donors (Lipinski definition) is 1. The van der Waals surface area contributed by atoms with Crippen LogP contribution in [-0.2, 0) is 11.4 Å². The molecule has 0 aliphatic rings. The summed E-state index contributed by atoms with van der Waals surface area (Å²) in [5.41, 5.74) is 1.21. The first kappa shape index (κ1) is 16.4. The number of ether oxygens (including phenoxy) is 1. The molecule has 2 rings (SSSR count). The SMILES string of the molecule is CCOC(=O)c1[nH]c(CF)c(C(=O)c2cccc(Br)c2)c1C. The number of alkyl halides is 1. The van der Waals surface area contributed by atoms with Gasteiger partial charge in [0.05, 0.1) is 12.3 Å². The fraction of sp³-hybridized carbons (Fsp3) is 0.250. The van der Waals surface area contributed by atoms with Crippen molar-refractivity contribution in [2.24, 2.45) is 0 Å². The molecular weight excluding hydrogens is 353 g/mol. The number of benzene rings is 1. The quantitative estimate of drug-likeness (QED) is 0.642. The Kier molecular flexibility index (Phi) is 5.13. The highest BCUT2D eigenvalue weighted by molar-refractivity contribution is 9.10. The fourth-order valence-electron chi connectivity index (χ4n) is 2.25. The normalized spacial score (nSPS) is 10.5. The fourth-order valence-corrected chi connectivity index (χ4v) is 2.65. The van der Waals surface area contributed by atoms with Gasteiger partial charge < -0.3 is 9.72 Å². The molecule has 1 aromatic heterocycles. The number of halogens is 2. The highest BCUT2D eigenvalue weighted by Gasteiger charge is 2.25. The third-order valence-corrected chi connectivity index (χ3v) is 3.75. The molecule has 1 heterocycles. The van der Waals surface area contributed by atoms with Gasteiger partial charge >= 0.3 is 5.97 Å². The molecule has 0 aliphatic carbocycles. The van der Waals surface area contributed by atoms with E-state index in [2.05, 4.69) is 20.9 Å². The van der Waals surface area contributed by atoms with Crippen LogP contribution < -0.4 is 0 Å². The van der Waals surface area contributed by atoms with Crippen LogP contribution >= 0.6 is 15.9 Å². The van der Waals surface area contributed by atoms with E-state index >= 15 is 0 Å². The van der Waals surface area contributed by atoms with Crippen molar-refractivity contribution in [2.45, 2.75) is 20.5 Å². The van der Waals surface area contributed by atoms with E-state index in [4.69, 9.17) is 4.74 Å². The summed E-state index contributed by atoms with van der Waals surface area (Å²) in [6, 6.07) is 6.81. The van der Waals surface area contributed by atoms with E-state index in [0.717, 1.165) is 4.47 Å².